The molecule has 3 aromatic heterocycles. The summed E-state index contributed by atoms with van der Waals surface area (Å²) in [6, 6.07) is 9.04. The second-order valence-corrected chi connectivity index (χ2v) is 12.3. The zero-order valence-corrected chi connectivity index (χ0v) is 23.2. The van der Waals surface area contributed by atoms with Crippen LogP contribution in [0.1, 0.15) is 24.0 Å². The third kappa shape index (κ3) is 5.18. The Balaban J connectivity index is 1.50. The number of nitrogens with zero attached hydrogens (tertiary/aromatic N) is 4. The van der Waals surface area contributed by atoms with Crippen LogP contribution in [0, 0.1) is 6.92 Å². The highest BCUT2D eigenvalue weighted by molar-refractivity contribution is 7.90. The lowest BCUT2D eigenvalue weighted by Gasteiger charge is -2.30. The molecule has 0 radical (unpaired) electrons. The van der Waals surface area contributed by atoms with Gasteiger partial charge in [0.05, 0.1) is 28.0 Å². The van der Waals surface area contributed by atoms with E-state index in [1.54, 1.807) is 19.1 Å². The standard InChI is InChI=1S/C29H26F4N6O2S/c1-18-3-6-21(7-4-18)42(40,41)39-15-24(22-8-5-20(11-25(22)39)29(31,32)33)23-14-35-12-19-13-36-27(38-26(19)23)37-17-28(30)9-2-10-34-16-28/h3-8,11-15,34H,2,9-10,16-17H2,1H3,(H,36,37,38)/t28-/m1/s1. The van der Waals surface area contributed by atoms with Gasteiger partial charge >= 0.3 is 6.18 Å². The fourth-order valence-corrected chi connectivity index (χ4v) is 6.53. The number of fused-ring (bicyclic) bond motifs is 2. The van der Waals surface area contributed by atoms with Crippen LogP contribution in [0.25, 0.3) is 32.9 Å². The average Bonchev–Trinajstić information content (AvgIpc) is 3.36. The van der Waals surface area contributed by atoms with Gasteiger partial charge in [-0.15, -0.1) is 0 Å². The molecule has 0 amide bonds. The Morgan fingerprint density at radius 2 is 1.86 bits per heavy atom. The number of halogens is 4. The summed E-state index contributed by atoms with van der Waals surface area (Å²) in [6.07, 6.45) is 2.20. The molecule has 1 fully saturated rings. The van der Waals surface area contributed by atoms with Crippen LogP contribution in [0.3, 0.4) is 0 Å². The van der Waals surface area contributed by atoms with E-state index in [4.69, 9.17) is 0 Å². The molecule has 0 saturated carbocycles. The molecule has 8 nitrogen and oxygen atoms in total. The molecule has 42 heavy (non-hydrogen) atoms. The summed E-state index contributed by atoms with van der Waals surface area (Å²) >= 11 is 0. The molecule has 6 rings (SSSR count). The number of rotatable bonds is 6. The third-order valence-electron chi connectivity index (χ3n) is 7.44. The molecule has 2 aromatic carbocycles. The van der Waals surface area contributed by atoms with Crippen molar-refractivity contribution in [3.8, 4) is 11.1 Å². The van der Waals surface area contributed by atoms with Crippen LogP contribution in [-0.4, -0.2) is 52.6 Å². The normalized spacial score (nSPS) is 18.0. The number of piperidine rings is 1. The highest BCUT2D eigenvalue weighted by atomic mass is 32.2. The molecule has 218 valence electrons. The highest BCUT2D eigenvalue weighted by Crippen LogP contribution is 2.39. The van der Waals surface area contributed by atoms with Crippen molar-refractivity contribution in [2.24, 2.45) is 0 Å². The van der Waals surface area contributed by atoms with Crippen LogP contribution in [-0.2, 0) is 16.2 Å². The maximum Gasteiger partial charge on any atom is 0.416 e. The lowest BCUT2D eigenvalue weighted by Crippen LogP contribution is -2.46. The first kappa shape index (κ1) is 28.0. The smallest absolute Gasteiger partial charge is 0.351 e. The first-order valence-electron chi connectivity index (χ1n) is 13.2. The maximum atomic E-state index is 15.2. The first-order valence-corrected chi connectivity index (χ1v) is 14.7. The van der Waals surface area contributed by atoms with Crippen LogP contribution in [0.2, 0.25) is 0 Å². The molecule has 0 aliphatic carbocycles. The molecule has 0 spiro atoms. The van der Waals surface area contributed by atoms with Crippen LogP contribution < -0.4 is 10.6 Å². The second kappa shape index (κ2) is 10.3. The van der Waals surface area contributed by atoms with E-state index in [1.165, 1.54) is 43.0 Å². The lowest BCUT2D eigenvalue weighted by molar-refractivity contribution is -0.137. The van der Waals surface area contributed by atoms with Gasteiger partial charge in [-0.1, -0.05) is 23.8 Å². The summed E-state index contributed by atoms with van der Waals surface area (Å²) < 4.78 is 84.6. The van der Waals surface area contributed by atoms with Crippen molar-refractivity contribution in [1.29, 1.82) is 0 Å². The minimum atomic E-state index is -4.69. The SMILES string of the molecule is Cc1ccc(S(=O)(=O)n2cc(-c3cncc4cnc(NC[C@@]5(F)CCCNC5)nc34)c3ccc(C(F)(F)F)cc32)cc1. The van der Waals surface area contributed by atoms with Gasteiger partial charge in [-0.25, -0.2) is 26.7 Å². The van der Waals surface area contributed by atoms with Gasteiger partial charge in [0.25, 0.3) is 10.0 Å². The minimum Gasteiger partial charge on any atom is -0.351 e. The Kier molecular flexibility index (Phi) is 6.89. The predicted octanol–water partition coefficient (Wildman–Crippen LogP) is 5.71. The van der Waals surface area contributed by atoms with Crippen molar-refractivity contribution in [3.05, 3.63) is 78.4 Å². The molecule has 2 N–H and O–H groups in total. The molecule has 13 heteroatoms. The van der Waals surface area contributed by atoms with Crippen LogP contribution in [0.15, 0.2) is 72.1 Å². The van der Waals surface area contributed by atoms with Gasteiger partial charge in [0.15, 0.2) is 0 Å². The number of pyridine rings is 1. The number of nitrogens with one attached hydrogen (secondary N) is 2. The number of hydrogen-bond acceptors (Lipinski definition) is 7. The van der Waals surface area contributed by atoms with Gasteiger partial charge in [0.2, 0.25) is 5.95 Å². The molecular formula is C29H26F4N6O2S. The van der Waals surface area contributed by atoms with Crippen molar-refractivity contribution in [2.45, 2.75) is 36.5 Å². The number of aryl methyl sites for hydroxylation is 1. The van der Waals surface area contributed by atoms with Crippen molar-refractivity contribution >= 4 is 37.8 Å². The van der Waals surface area contributed by atoms with E-state index in [0.717, 1.165) is 28.2 Å². The maximum absolute atomic E-state index is 15.2. The summed E-state index contributed by atoms with van der Waals surface area (Å²) in [4.78, 5) is 13.0. The second-order valence-electron chi connectivity index (χ2n) is 10.5. The third-order valence-corrected chi connectivity index (χ3v) is 9.13. The summed E-state index contributed by atoms with van der Waals surface area (Å²) in [7, 11) is -4.28. The van der Waals surface area contributed by atoms with E-state index in [2.05, 4.69) is 25.6 Å². The summed E-state index contributed by atoms with van der Waals surface area (Å²) in [6.45, 7) is 2.75. The predicted molar refractivity (Wildman–Crippen MR) is 151 cm³/mol. The highest BCUT2D eigenvalue weighted by Gasteiger charge is 2.33. The van der Waals surface area contributed by atoms with Gasteiger partial charge in [0.1, 0.15) is 5.67 Å². The van der Waals surface area contributed by atoms with E-state index in [0.29, 0.717) is 34.9 Å². The zero-order valence-electron chi connectivity index (χ0n) is 22.4. The van der Waals surface area contributed by atoms with Crippen LogP contribution >= 0.6 is 0 Å². The van der Waals surface area contributed by atoms with Crippen molar-refractivity contribution in [3.63, 3.8) is 0 Å². The van der Waals surface area contributed by atoms with Gasteiger partial charge in [0, 0.05) is 53.2 Å². The molecule has 1 atom stereocenters. The number of alkyl halides is 4. The largest absolute Gasteiger partial charge is 0.416 e. The summed E-state index contributed by atoms with van der Waals surface area (Å²) in [5.74, 6) is 0.160. The topological polar surface area (TPSA) is 102 Å². The van der Waals surface area contributed by atoms with Crippen molar-refractivity contribution in [1.82, 2.24) is 24.2 Å². The molecule has 0 bridgehead atoms. The van der Waals surface area contributed by atoms with Gasteiger partial charge < -0.3 is 10.6 Å². The minimum absolute atomic E-state index is 0.0136. The fourth-order valence-electron chi connectivity index (χ4n) is 5.17. The van der Waals surface area contributed by atoms with E-state index in [-0.39, 0.29) is 34.8 Å². The lowest BCUT2D eigenvalue weighted by atomic mass is 9.96. The van der Waals surface area contributed by atoms with Crippen LogP contribution in [0.4, 0.5) is 23.5 Å². The Morgan fingerprint density at radius 3 is 2.57 bits per heavy atom. The van der Waals surface area contributed by atoms with Crippen molar-refractivity contribution < 1.29 is 26.0 Å². The molecule has 0 unspecified atom stereocenters. The fraction of sp³-hybridized carbons (Fsp3) is 0.276. The molecule has 4 heterocycles. The van der Waals surface area contributed by atoms with Gasteiger partial charge in [-0.3, -0.25) is 4.98 Å². The number of anilines is 1. The molecule has 1 aliphatic rings. The van der Waals surface area contributed by atoms with E-state index < -0.39 is 27.4 Å². The monoisotopic (exact) mass is 598 g/mol. The Bertz CT molecular complexity index is 1900. The van der Waals surface area contributed by atoms with E-state index in [9.17, 15) is 21.6 Å². The quantitative estimate of drug-likeness (QED) is 0.241. The zero-order chi connectivity index (χ0) is 29.7. The average molecular weight is 599 g/mol. The van der Waals surface area contributed by atoms with E-state index in [1.807, 2.05) is 0 Å². The Labute approximate surface area is 238 Å². The van der Waals surface area contributed by atoms with Gasteiger partial charge in [-0.05, 0) is 50.6 Å². The molecule has 1 aliphatic heterocycles. The summed E-state index contributed by atoms with van der Waals surface area (Å²) in [5.41, 5.74) is -0.688. The Morgan fingerprint density at radius 1 is 1.07 bits per heavy atom. The molecule has 1 saturated heterocycles. The summed E-state index contributed by atoms with van der Waals surface area (Å²) in [5, 5.41) is 6.78. The Hall–Kier alpha value is -4.10. The molecule has 5 aromatic rings. The van der Waals surface area contributed by atoms with E-state index >= 15 is 4.39 Å². The van der Waals surface area contributed by atoms with Crippen LogP contribution in [0.5, 0.6) is 0 Å². The van der Waals surface area contributed by atoms with Gasteiger partial charge in [-0.2, -0.15) is 13.2 Å². The first-order chi connectivity index (χ1) is 19.9. The van der Waals surface area contributed by atoms with Crippen molar-refractivity contribution in [2.75, 3.05) is 25.0 Å². The number of hydrogen-bond donors (Lipinski definition) is 2. The molecular weight excluding hydrogens is 572 g/mol. The number of benzene rings is 2. The number of aromatic nitrogens is 4.